The topological polar surface area (TPSA) is 94.2 Å². The van der Waals surface area contributed by atoms with Gasteiger partial charge in [-0.1, -0.05) is 22.6 Å². The van der Waals surface area contributed by atoms with E-state index >= 15 is 0 Å². The minimum absolute atomic E-state index is 0.0110. The molecule has 8 nitrogen and oxygen atoms in total. The largest absolute Gasteiger partial charge is 0.390 e. The maximum absolute atomic E-state index is 12.3. The predicted molar refractivity (Wildman–Crippen MR) is 77.3 cm³/mol. The van der Waals surface area contributed by atoms with Gasteiger partial charge in [0.15, 0.2) is 0 Å². The zero-order valence-corrected chi connectivity index (χ0v) is 12.9. The molecule has 3 rings (SSSR count). The summed E-state index contributed by atoms with van der Waals surface area (Å²) in [4.78, 5) is 24.6. The number of aliphatic hydroxyl groups is 1. The lowest BCUT2D eigenvalue weighted by molar-refractivity contribution is 0.163. The van der Waals surface area contributed by atoms with Gasteiger partial charge < -0.3 is 14.6 Å². The first kappa shape index (κ1) is 14.3. The number of hydrogen-bond acceptors (Lipinski definition) is 5. The molecule has 1 aromatic rings. The summed E-state index contributed by atoms with van der Waals surface area (Å²) in [5.74, 6) is 0. The van der Waals surface area contributed by atoms with Crippen molar-refractivity contribution < 1.29 is 14.6 Å². The van der Waals surface area contributed by atoms with Gasteiger partial charge in [-0.25, -0.2) is 23.5 Å². The number of hydrogen-bond donors (Lipinski definition) is 1. The molecule has 1 aromatic heterocycles. The van der Waals surface area contributed by atoms with Gasteiger partial charge in [-0.3, -0.25) is 0 Å². The zero-order valence-electron chi connectivity index (χ0n) is 10.8. The second-order valence-electron chi connectivity index (χ2n) is 5.06. The number of halogens is 1. The first-order chi connectivity index (χ1) is 9.60. The molecule has 3 atom stereocenters. The first-order valence-corrected chi connectivity index (χ1v) is 8.00. The zero-order chi connectivity index (χ0) is 14.3. The highest BCUT2D eigenvalue weighted by molar-refractivity contribution is 14.1. The van der Waals surface area contributed by atoms with E-state index < -0.39 is 11.8 Å². The summed E-state index contributed by atoms with van der Waals surface area (Å²) in [7, 11) is 0. The van der Waals surface area contributed by atoms with E-state index in [0.717, 1.165) is 0 Å². The van der Waals surface area contributed by atoms with E-state index in [9.17, 15) is 14.7 Å². The summed E-state index contributed by atoms with van der Waals surface area (Å²) in [6.07, 6.45) is -0.716. The number of nitrogens with zero attached hydrogens (tertiary/aromatic N) is 3. The first-order valence-electron chi connectivity index (χ1n) is 6.48. The Balaban J connectivity index is 1.94. The van der Waals surface area contributed by atoms with Gasteiger partial charge in [0.2, 0.25) is 0 Å². The molecule has 0 amide bonds. The third-order valence-electron chi connectivity index (χ3n) is 3.32. The Labute approximate surface area is 128 Å². The van der Waals surface area contributed by atoms with E-state index in [1.165, 1.54) is 13.9 Å². The smallest absolute Gasteiger partial charge is 0.347 e. The van der Waals surface area contributed by atoms with Crippen LogP contribution < -0.4 is 11.4 Å². The van der Waals surface area contributed by atoms with Crippen molar-refractivity contribution >= 4 is 22.6 Å². The van der Waals surface area contributed by atoms with Gasteiger partial charge in [-0.2, -0.15) is 0 Å². The third-order valence-corrected chi connectivity index (χ3v) is 4.34. The fourth-order valence-corrected chi connectivity index (χ4v) is 2.35. The van der Waals surface area contributed by atoms with Crippen LogP contribution in [0.3, 0.4) is 0 Å². The molecule has 0 aromatic carbocycles. The van der Waals surface area contributed by atoms with E-state index in [-0.39, 0.29) is 31.0 Å². The second-order valence-corrected chi connectivity index (χ2v) is 5.94. The van der Waals surface area contributed by atoms with Crippen LogP contribution in [0.4, 0.5) is 0 Å². The lowest BCUT2D eigenvalue weighted by Gasteiger charge is -2.11. The molecule has 1 N–H and O–H groups in total. The number of alkyl halides is 1. The molecule has 0 bridgehead atoms. The van der Waals surface area contributed by atoms with Crippen molar-refractivity contribution in [2.75, 3.05) is 17.6 Å². The highest BCUT2D eigenvalue weighted by Crippen LogP contribution is 2.12. The Kier molecular flexibility index (Phi) is 4.02. The SMILES string of the molecule is O=c1n(CC2CO2)c(=O)n(CC2CO2)n1CC(O)CI. The molecule has 3 unspecified atom stereocenters. The van der Waals surface area contributed by atoms with Crippen molar-refractivity contribution in [1.82, 2.24) is 13.9 Å². The molecule has 20 heavy (non-hydrogen) atoms. The Morgan fingerprint density at radius 1 is 1.15 bits per heavy atom. The molecular weight excluding hydrogens is 381 g/mol. The average Bonchev–Trinajstić information content (AvgIpc) is 3.32. The highest BCUT2D eigenvalue weighted by atomic mass is 127. The van der Waals surface area contributed by atoms with Crippen molar-refractivity contribution in [2.24, 2.45) is 0 Å². The predicted octanol–water partition coefficient (Wildman–Crippen LogP) is -1.59. The van der Waals surface area contributed by atoms with Crippen LogP contribution in [0.15, 0.2) is 9.59 Å². The maximum atomic E-state index is 12.3. The summed E-state index contributed by atoms with van der Waals surface area (Å²) in [6, 6.07) is 0. The second kappa shape index (κ2) is 5.62. The summed E-state index contributed by atoms with van der Waals surface area (Å²) < 4.78 is 14.6. The van der Waals surface area contributed by atoms with Crippen LogP contribution in [0.5, 0.6) is 0 Å². The van der Waals surface area contributed by atoms with E-state index in [2.05, 4.69) is 0 Å². The van der Waals surface area contributed by atoms with Gasteiger partial charge in [-0.05, 0) is 0 Å². The van der Waals surface area contributed by atoms with E-state index in [1.54, 1.807) is 0 Å². The molecular formula is C11H16IN3O5. The average molecular weight is 397 g/mol. The normalized spacial score (nSPS) is 25.7. The van der Waals surface area contributed by atoms with Crippen molar-refractivity contribution in [3.63, 3.8) is 0 Å². The maximum Gasteiger partial charge on any atom is 0.347 e. The van der Waals surface area contributed by atoms with Gasteiger partial charge in [0, 0.05) is 4.43 Å². The van der Waals surface area contributed by atoms with E-state index in [4.69, 9.17) is 9.47 Å². The van der Waals surface area contributed by atoms with Crippen LogP contribution in [-0.2, 0) is 29.1 Å². The van der Waals surface area contributed by atoms with Crippen molar-refractivity contribution in [3.8, 4) is 0 Å². The van der Waals surface area contributed by atoms with Crippen molar-refractivity contribution in [1.29, 1.82) is 0 Å². The molecule has 2 aliphatic heterocycles. The molecule has 9 heteroatoms. The quantitative estimate of drug-likeness (QED) is 0.340. The van der Waals surface area contributed by atoms with E-state index in [1.807, 2.05) is 22.6 Å². The Morgan fingerprint density at radius 3 is 2.25 bits per heavy atom. The van der Waals surface area contributed by atoms with Gasteiger partial charge in [0.1, 0.15) is 6.10 Å². The lowest BCUT2D eigenvalue weighted by atomic mass is 10.4. The number of epoxide rings is 2. The lowest BCUT2D eigenvalue weighted by Crippen LogP contribution is -2.33. The van der Waals surface area contributed by atoms with Gasteiger partial charge in [0.25, 0.3) is 0 Å². The summed E-state index contributed by atoms with van der Waals surface area (Å²) in [5.41, 5.74) is -0.753. The van der Waals surface area contributed by atoms with Gasteiger partial charge in [-0.15, -0.1) is 0 Å². The molecule has 0 aliphatic carbocycles. The molecule has 2 aliphatic rings. The molecule has 2 fully saturated rings. The van der Waals surface area contributed by atoms with Gasteiger partial charge in [0.05, 0.1) is 45.1 Å². The number of aromatic nitrogens is 3. The molecule has 3 heterocycles. The van der Waals surface area contributed by atoms with Crippen LogP contribution >= 0.6 is 22.6 Å². The van der Waals surface area contributed by atoms with Crippen LogP contribution in [-0.4, -0.2) is 55.0 Å². The molecule has 2 saturated heterocycles. The molecule has 0 saturated carbocycles. The van der Waals surface area contributed by atoms with Crippen LogP contribution in [0, 0.1) is 0 Å². The number of ether oxygens (including phenoxy) is 2. The fraction of sp³-hybridized carbons (Fsp3) is 0.818. The summed E-state index contributed by atoms with van der Waals surface area (Å²) in [6.45, 7) is 1.92. The van der Waals surface area contributed by atoms with E-state index in [0.29, 0.717) is 24.2 Å². The monoisotopic (exact) mass is 397 g/mol. The standard InChI is InChI=1S/C11H16IN3O5/c12-1-7(16)2-14-10(17)13(3-8-5-19-8)11(18)15(14)4-9-6-20-9/h7-9,16H,1-6H2. The molecule has 0 radical (unpaired) electrons. The third kappa shape index (κ3) is 3.00. The Morgan fingerprint density at radius 2 is 1.70 bits per heavy atom. The van der Waals surface area contributed by atoms with Crippen LogP contribution in [0.2, 0.25) is 0 Å². The Hall–Kier alpha value is -0.650. The highest BCUT2D eigenvalue weighted by Gasteiger charge is 2.30. The molecule has 112 valence electrons. The summed E-state index contributed by atoms with van der Waals surface area (Å²) >= 11 is 2.04. The minimum atomic E-state index is -0.660. The molecule has 0 spiro atoms. The van der Waals surface area contributed by atoms with Crippen LogP contribution in [0.1, 0.15) is 0 Å². The van der Waals surface area contributed by atoms with Crippen molar-refractivity contribution in [2.45, 2.75) is 37.9 Å². The van der Waals surface area contributed by atoms with Gasteiger partial charge >= 0.3 is 11.4 Å². The van der Waals surface area contributed by atoms with Crippen molar-refractivity contribution in [3.05, 3.63) is 21.0 Å². The minimum Gasteiger partial charge on any atom is -0.390 e. The number of rotatable bonds is 7. The van der Waals surface area contributed by atoms with Crippen LogP contribution in [0.25, 0.3) is 0 Å². The number of aliphatic hydroxyl groups excluding tert-OH is 1. The summed E-state index contributed by atoms with van der Waals surface area (Å²) in [5, 5.41) is 9.76. The fourth-order valence-electron chi connectivity index (χ4n) is 2.07. The Bertz CT molecular complexity index is 598.